The van der Waals surface area contributed by atoms with Gasteiger partial charge in [0, 0.05) is 38.3 Å². The van der Waals surface area contributed by atoms with E-state index in [1.807, 2.05) is 78.9 Å². The normalized spacial score (nSPS) is 13.8. The van der Waals surface area contributed by atoms with E-state index >= 15 is 0 Å². The Balaban J connectivity index is 1.84. The van der Waals surface area contributed by atoms with Crippen molar-refractivity contribution in [2.75, 3.05) is 24.7 Å². The van der Waals surface area contributed by atoms with Crippen molar-refractivity contribution in [3.63, 3.8) is 0 Å². The number of carbonyl (C=O) groups excluding carboxylic acids is 2. The third-order valence-electron chi connectivity index (χ3n) is 5.03. The molecule has 2 atom stereocenters. The summed E-state index contributed by atoms with van der Waals surface area (Å²) in [6, 6.07) is 28.3. The van der Waals surface area contributed by atoms with Gasteiger partial charge in [-0.2, -0.15) is 0 Å². The summed E-state index contributed by atoms with van der Waals surface area (Å²) in [7, 11) is 0. The van der Waals surface area contributed by atoms with Crippen LogP contribution in [0.2, 0.25) is 0 Å². The van der Waals surface area contributed by atoms with Crippen molar-refractivity contribution in [1.82, 2.24) is 0 Å². The van der Waals surface area contributed by atoms with Gasteiger partial charge >= 0.3 is 18.7 Å². The van der Waals surface area contributed by atoms with Crippen LogP contribution in [0.1, 0.15) is 0 Å². The molecule has 0 heterocycles. The van der Waals surface area contributed by atoms with E-state index in [1.165, 1.54) is 23.5 Å². The van der Waals surface area contributed by atoms with E-state index in [0.717, 1.165) is 33.3 Å². The SMILES string of the molecule is C=CC(=O)OCC(CSc1ccccc1)OP(=O)(OC(COC(=O)C=C)CSc1ccccc1)Sc1ccccc1. The summed E-state index contributed by atoms with van der Waals surface area (Å²) >= 11 is 3.87. The molecule has 2 unspecified atom stereocenters. The van der Waals surface area contributed by atoms with E-state index in [1.54, 1.807) is 12.1 Å². The van der Waals surface area contributed by atoms with E-state index in [4.69, 9.17) is 18.5 Å². The minimum absolute atomic E-state index is 0.164. The molecule has 3 aromatic rings. The molecule has 0 amide bonds. The van der Waals surface area contributed by atoms with Gasteiger partial charge in [-0.3, -0.25) is 9.05 Å². The lowest BCUT2D eigenvalue weighted by atomic mass is 10.4. The maximum Gasteiger partial charge on any atom is 0.394 e. The zero-order valence-electron chi connectivity index (χ0n) is 22.2. The Bertz CT molecular complexity index is 1220. The van der Waals surface area contributed by atoms with E-state index in [-0.39, 0.29) is 13.2 Å². The van der Waals surface area contributed by atoms with Gasteiger partial charge in [-0.1, -0.05) is 67.8 Å². The fourth-order valence-corrected chi connectivity index (χ4v) is 8.93. The number of esters is 2. The van der Waals surface area contributed by atoms with Crippen molar-refractivity contribution in [2.24, 2.45) is 0 Å². The molecule has 3 rings (SSSR count). The molecule has 0 radical (unpaired) electrons. The Morgan fingerprint density at radius 3 is 1.39 bits per heavy atom. The van der Waals surface area contributed by atoms with Crippen LogP contribution in [0.25, 0.3) is 0 Å². The van der Waals surface area contributed by atoms with Crippen LogP contribution in [0.15, 0.2) is 131 Å². The Hall–Kier alpha value is -2.72. The molecule has 0 spiro atoms. The van der Waals surface area contributed by atoms with E-state index < -0.39 is 30.9 Å². The Kier molecular flexibility index (Phi) is 14.4. The quantitative estimate of drug-likeness (QED) is 0.0603. The molecule has 0 aromatic heterocycles. The second kappa shape index (κ2) is 18.0. The minimum atomic E-state index is -3.98. The summed E-state index contributed by atoms with van der Waals surface area (Å²) in [6.45, 7) is 2.56. The lowest BCUT2D eigenvalue weighted by molar-refractivity contribution is -0.140. The number of carbonyl (C=O) groups is 2. The van der Waals surface area contributed by atoms with E-state index in [2.05, 4.69) is 13.2 Å². The highest BCUT2D eigenvalue weighted by Gasteiger charge is 2.35. The molecule has 0 fully saturated rings. The highest BCUT2D eigenvalue weighted by molar-refractivity contribution is 8.55. The summed E-state index contributed by atoms with van der Waals surface area (Å²) < 4.78 is 37.3. The van der Waals surface area contributed by atoms with Crippen molar-refractivity contribution in [2.45, 2.75) is 26.9 Å². The zero-order valence-corrected chi connectivity index (χ0v) is 25.6. The van der Waals surface area contributed by atoms with Gasteiger partial charge in [-0.25, -0.2) is 14.2 Å². The van der Waals surface area contributed by atoms with Crippen LogP contribution < -0.4 is 0 Å². The Morgan fingerprint density at radius 1 is 0.659 bits per heavy atom. The summed E-state index contributed by atoms with van der Waals surface area (Å²) in [4.78, 5) is 26.3. The van der Waals surface area contributed by atoms with E-state index in [9.17, 15) is 14.2 Å². The summed E-state index contributed by atoms with van der Waals surface area (Å²) in [5, 5.41) is 0. The molecular weight excluding hydrogens is 599 g/mol. The number of rotatable bonds is 18. The Morgan fingerprint density at radius 2 is 1.02 bits per heavy atom. The van der Waals surface area contributed by atoms with Crippen molar-refractivity contribution >= 4 is 53.6 Å². The van der Waals surface area contributed by atoms with Gasteiger partial charge in [0.25, 0.3) is 0 Å². The number of hydrogen-bond acceptors (Lipinski definition) is 10. The first kappa shape index (κ1) is 32.8. The van der Waals surface area contributed by atoms with E-state index in [0.29, 0.717) is 16.4 Å². The molecule has 0 bridgehead atoms. The van der Waals surface area contributed by atoms with Crippen LogP contribution in [0.4, 0.5) is 0 Å². The molecule has 3 aromatic carbocycles. The molecule has 41 heavy (non-hydrogen) atoms. The molecule has 11 heteroatoms. The highest BCUT2D eigenvalue weighted by Crippen LogP contribution is 2.65. The lowest BCUT2D eigenvalue weighted by Gasteiger charge is -2.27. The Labute approximate surface area is 253 Å². The number of thioether (sulfide) groups is 2. The van der Waals surface area contributed by atoms with Crippen LogP contribution >= 0.6 is 41.7 Å². The first-order valence-electron chi connectivity index (χ1n) is 12.5. The van der Waals surface area contributed by atoms with Gasteiger partial charge in [-0.15, -0.1) is 23.5 Å². The molecule has 0 saturated carbocycles. The topological polar surface area (TPSA) is 88.1 Å². The smallest absolute Gasteiger partial charge is 0.394 e. The first-order valence-corrected chi connectivity index (χ1v) is 17.5. The maximum absolute atomic E-state index is 14.4. The molecule has 0 aliphatic rings. The fraction of sp³-hybridized carbons (Fsp3) is 0.200. The summed E-state index contributed by atoms with van der Waals surface area (Å²) in [5.41, 5.74) is 0. The van der Waals surface area contributed by atoms with Gasteiger partial charge in [0.2, 0.25) is 0 Å². The second-order valence-corrected chi connectivity index (χ2v) is 14.3. The number of ether oxygens (including phenoxy) is 2. The predicted octanol–water partition coefficient (Wildman–Crippen LogP) is 7.70. The van der Waals surface area contributed by atoms with Crippen LogP contribution in [0.3, 0.4) is 0 Å². The van der Waals surface area contributed by atoms with Crippen molar-refractivity contribution in [1.29, 1.82) is 0 Å². The molecule has 0 aliphatic heterocycles. The molecule has 0 aliphatic carbocycles. The average Bonchev–Trinajstić information content (AvgIpc) is 3.01. The lowest BCUT2D eigenvalue weighted by Crippen LogP contribution is -2.27. The standard InChI is InChI=1S/C30H31O7PS3/c1-3-29(31)34-20-24(22-39-26-14-8-5-9-15-26)36-38(33,41-28-18-12-7-13-19-28)37-25(21-35-30(32)4-2)23-40-27-16-10-6-11-17-27/h3-19,24-25H,1-2,20-23H2. The fourth-order valence-electron chi connectivity index (χ4n) is 3.14. The molecular formula is C30H31O7PS3. The van der Waals surface area contributed by atoms with Gasteiger partial charge in [0.05, 0.1) is 0 Å². The molecule has 216 valence electrons. The van der Waals surface area contributed by atoms with Crippen LogP contribution in [0.5, 0.6) is 0 Å². The number of benzene rings is 3. The largest absolute Gasteiger partial charge is 0.460 e. The highest BCUT2D eigenvalue weighted by atomic mass is 32.7. The molecule has 7 nitrogen and oxygen atoms in total. The van der Waals surface area contributed by atoms with Gasteiger partial charge in [-0.05, 0) is 47.8 Å². The van der Waals surface area contributed by atoms with Crippen molar-refractivity contribution in [3.05, 3.63) is 116 Å². The van der Waals surface area contributed by atoms with Crippen LogP contribution in [-0.4, -0.2) is 48.9 Å². The summed E-state index contributed by atoms with van der Waals surface area (Å²) in [5.74, 6) is -0.593. The molecule has 0 N–H and O–H groups in total. The predicted molar refractivity (Wildman–Crippen MR) is 166 cm³/mol. The number of hydrogen-bond donors (Lipinski definition) is 0. The summed E-state index contributed by atoms with van der Waals surface area (Å²) in [6.07, 6.45) is 0.538. The second-order valence-electron chi connectivity index (χ2n) is 8.22. The van der Waals surface area contributed by atoms with Gasteiger partial charge in [0.1, 0.15) is 25.4 Å². The molecule has 0 saturated heterocycles. The minimum Gasteiger partial charge on any atom is -0.460 e. The zero-order chi connectivity index (χ0) is 29.3. The van der Waals surface area contributed by atoms with Crippen LogP contribution in [0, 0.1) is 0 Å². The van der Waals surface area contributed by atoms with Gasteiger partial charge < -0.3 is 9.47 Å². The van der Waals surface area contributed by atoms with Crippen molar-refractivity contribution in [3.8, 4) is 0 Å². The maximum atomic E-state index is 14.4. The van der Waals surface area contributed by atoms with Crippen LogP contribution in [-0.2, 0) is 32.7 Å². The average molecular weight is 631 g/mol. The monoisotopic (exact) mass is 630 g/mol. The van der Waals surface area contributed by atoms with Crippen molar-refractivity contribution < 1.29 is 32.7 Å². The first-order chi connectivity index (χ1) is 19.9. The van der Waals surface area contributed by atoms with Gasteiger partial charge in [0.15, 0.2) is 0 Å². The third-order valence-corrected chi connectivity index (χ3v) is 11.0. The third kappa shape index (κ3) is 12.8.